The highest BCUT2D eigenvalue weighted by molar-refractivity contribution is 5.21. The lowest BCUT2D eigenvalue weighted by atomic mass is 9.85. The molecule has 0 amide bonds. The standard InChI is InChI=1S/C18H30N2/c1-6-18(5,7-2)20-14-17(3,4)19-13-16(20)15-11-9-8-10-12-15/h8-12,16,19H,6-7,13-14H2,1-5H3. The average molecular weight is 274 g/mol. The number of benzene rings is 1. The molecule has 0 saturated carbocycles. The van der Waals surface area contributed by atoms with E-state index < -0.39 is 0 Å². The van der Waals surface area contributed by atoms with Gasteiger partial charge in [-0.3, -0.25) is 4.90 Å². The lowest BCUT2D eigenvalue weighted by Crippen LogP contribution is -2.63. The maximum absolute atomic E-state index is 3.72. The van der Waals surface area contributed by atoms with Crippen LogP contribution in [0.1, 0.15) is 59.1 Å². The van der Waals surface area contributed by atoms with Gasteiger partial charge in [-0.25, -0.2) is 0 Å². The van der Waals surface area contributed by atoms with Gasteiger partial charge in [0.25, 0.3) is 0 Å². The van der Waals surface area contributed by atoms with Gasteiger partial charge >= 0.3 is 0 Å². The number of hydrogen-bond acceptors (Lipinski definition) is 2. The van der Waals surface area contributed by atoms with E-state index in [9.17, 15) is 0 Å². The third-order valence-corrected chi connectivity index (χ3v) is 5.12. The zero-order valence-corrected chi connectivity index (χ0v) is 13.7. The third kappa shape index (κ3) is 3.07. The molecule has 0 spiro atoms. The van der Waals surface area contributed by atoms with Crippen molar-refractivity contribution in [3.8, 4) is 0 Å². The first kappa shape index (κ1) is 15.5. The number of hydrogen-bond donors (Lipinski definition) is 1. The van der Waals surface area contributed by atoms with Crippen molar-refractivity contribution in [1.82, 2.24) is 10.2 Å². The Labute approximate surface area is 124 Å². The van der Waals surface area contributed by atoms with Crippen molar-refractivity contribution in [2.45, 2.75) is 64.6 Å². The fourth-order valence-electron chi connectivity index (χ4n) is 3.27. The summed E-state index contributed by atoms with van der Waals surface area (Å²) in [4.78, 5) is 2.73. The van der Waals surface area contributed by atoms with E-state index in [1.54, 1.807) is 0 Å². The molecule has 0 aliphatic carbocycles. The quantitative estimate of drug-likeness (QED) is 0.893. The summed E-state index contributed by atoms with van der Waals surface area (Å²) in [7, 11) is 0. The topological polar surface area (TPSA) is 15.3 Å². The molecule has 0 aromatic heterocycles. The molecule has 1 aliphatic rings. The zero-order chi connectivity index (χ0) is 14.8. The molecule has 1 atom stereocenters. The van der Waals surface area contributed by atoms with E-state index in [1.807, 2.05) is 0 Å². The van der Waals surface area contributed by atoms with Crippen LogP contribution in [0.3, 0.4) is 0 Å². The fourth-order valence-corrected chi connectivity index (χ4v) is 3.27. The summed E-state index contributed by atoms with van der Waals surface area (Å²) < 4.78 is 0. The molecule has 1 aromatic rings. The van der Waals surface area contributed by atoms with E-state index >= 15 is 0 Å². The zero-order valence-electron chi connectivity index (χ0n) is 13.7. The molecule has 1 heterocycles. The van der Waals surface area contributed by atoms with Gasteiger partial charge in [-0.05, 0) is 39.2 Å². The van der Waals surface area contributed by atoms with Crippen molar-refractivity contribution < 1.29 is 0 Å². The van der Waals surface area contributed by atoms with Crippen molar-refractivity contribution in [2.24, 2.45) is 0 Å². The van der Waals surface area contributed by atoms with Crippen molar-refractivity contribution >= 4 is 0 Å². The molecule has 1 fully saturated rings. The maximum Gasteiger partial charge on any atom is 0.0479 e. The average Bonchev–Trinajstić information content (AvgIpc) is 2.46. The van der Waals surface area contributed by atoms with Crippen LogP contribution in [0, 0.1) is 0 Å². The number of nitrogens with zero attached hydrogens (tertiary/aromatic N) is 1. The number of nitrogens with one attached hydrogen (secondary N) is 1. The maximum atomic E-state index is 3.72. The van der Waals surface area contributed by atoms with Crippen molar-refractivity contribution in [3.63, 3.8) is 0 Å². The SMILES string of the molecule is CCC(C)(CC)N1CC(C)(C)NCC1c1ccccc1. The van der Waals surface area contributed by atoms with E-state index in [1.165, 1.54) is 18.4 Å². The number of piperazine rings is 1. The van der Waals surface area contributed by atoms with Gasteiger partial charge < -0.3 is 5.32 Å². The minimum Gasteiger partial charge on any atom is -0.309 e. The van der Waals surface area contributed by atoms with Crippen LogP contribution in [-0.2, 0) is 0 Å². The summed E-state index contributed by atoms with van der Waals surface area (Å²) in [5, 5.41) is 3.72. The van der Waals surface area contributed by atoms with Gasteiger partial charge in [0.15, 0.2) is 0 Å². The summed E-state index contributed by atoms with van der Waals surface area (Å²) in [6.07, 6.45) is 2.39. The molecule has 1 aromatic carbocycles. The Bertz CT molecular complexity index is 420. The van der Waals surface area contributed by atoms with E-state index in [0.717, 1.165) is 13.1 Å². The first-order valence-corrected chi connectivity index (χ1v) is 7.98. The van der Waals surface area contributed by atoms with Gasteiger partial charge in [-0.1, -0.05) is 44.2 Å². The van der Waals surface area contributed by atoms with Crippen LogP contribution in [0.25, 0.3) is 0 Å². The minimum absolute atomic E-state index is 0.191. The third-order valence-electron chi connectivity index (χ3n) is 5.12. The monoisotopic (exact) mass is 274 g/mol. The van der Waals surface area contributed by atoms with Crippen LogP contribution in [0.2, 0.25) is 0 Å². The van der Waals surface area contributed by atoms with E-state index in [4.69, 9.17) is 0 Å². The Hall–Kier alpha value is -0.860. The molecule has 0 radical (unpaired) electrons. The molecule has 1 unspecified atom stereocenters. The smallest absolute Gasteiger partial charge is 0.0479 e. The fraction of sp³-hybridized carbons (Fsp3) is 0.667. The van der Waals surface area contributed by atoms with Crippen LogP contribution >= 0.6 is 0 Å². The molecule has 1 aliphatic heterocycles. The van der Waals surface area contributed by atoms with Gasteiger partial charge in [0.05, 0.1) is 0 Å². The molecule has 2 nitrogen and oxygen atoms in total. The molecule has 1 N–H and O–H groups in total. The Morgan fingerprint density at radius 1 is 1.20 bits per heavy atom. The minimum atomic E-state index is 0.191. The normalized spacial score (nSPS) is 23.8. The predicted octanol–water partition coefficient (Wildman–Crippen LogP) is 3.99. The molecule has 2 rings (SSSR count). The van der Waals surface area contributed by atoms with Crippen LogP contribution in [-0.4, -0.2) is 29.1 Å². The second-order valence-corrected chi connectivity index (χ2v) is 7.02. The summed E-state index contributed by atoms with van der Waals surface area (Å²) in [5.74, 6) is 0. The summed E-state index contributed by atoms with van der Waals surface area (Å²) >= 11 is 0. The Morgan fingerprint density at radius 3 is 2.35 bits per heavy atom. The molecular formula is C18H30N2. The predicted molar refractivity (Wildman–Crippen MR) is 87.0 cm³/mol. The first-order chi connectivity index (χ1) is 9.42. The van der Waals surface area contributed by atoms with Crippen molar-refractivity contribution in [3.05, 3.63) is 35.9 Å². The molecule has 20 heavy (non-hydrogen) atoms. The van der Waals surface area contributed by atoms with E-state index in [2.05, 4.69) is 75.2 Å². The molecule has 0 bridgehead atoms. The van der Waals surface area contributed by atoms with Gasteiger partial charge in [-0.15, -0.1) is 0 Å². The van der Waals surface area contributed by atoms with Crippen LogP contribution < -0.4 is 5.32 Å². The second kappa shape index (κ2) is 5.87. The molecular weight excluding hydrogens is 244 g/mol. The molecule has 2 heteroatoms. The van der Waals surface area contributed by atoms with Gasteiger partial charge in [0, 0.05) is 30.2 Å². The first-order valence-electron chi connectivity index (χ1n) is 7.98. The van der Waals surface area contributed by atoms with Crippen molar-refractivity contribution in [2.75, 3.05) is 13.1 Å². The number of rotatable bonds is 4. The Kier molecular flexibility index (Phi) is 4.55. The van der Waals surface area contributed by atoms with Gasteiger partial charge in [-0.2, -0.15) is 0 Å². The Morgan fingerprint density at radius 2 is 1.80 bits per heavy atom. The van der Waals surface area contributed by atoms with Crippen molar-refractivity contribution in [1.29, 1.82) is 0 Å². The lowest BCUT2D eigenvalue weighted by molar-refractivity contribution is -0.00598. The summed E-state index contributed by atoms with van der Waals surface area (Å²) in [6.45, 7) is 13.8. The van der Waals surface area contributed by atoms with Crippen LogP contribution in [0.4, 0.5) is 0 Å². The largest absolute Gasteiger partial charge is 0.309 e. The summed E-state index contributed by atoms with van der Waals surface area (Å²) in [5.41, 5.74) is 1.90. The molecule has 112 valence electrons. The lowest BCUT2D eigenvalue weighted by Gasteiger charge is -2.53. The molecule has 1 saturated heterocycles. The van der Waals surface area contributed by atoms with E-state index in [0.29, 0.717) is 6.04 Å². The highest BCUT2D eigenvalue weighted by Gasteiger charge is 2.41. The van der Waals surface area contributed by atoms with Crippen LogP contribution in [0.5, 0.6) is 0 Å². The van der Waals surface area contributed by atoms with E-state index in [-0.39, 0.29) is 11.1 Å². The van der Waals surface area contributed by atoms with Gasteiger partial charge in [0.2, 0.25) is 0 Å². The highest BCUT2D eigenvalue weighted by Crippen LogP contribution is 2.36. The van der Waals surface area contributed by atoms with Crippen LogP contribution in [0.15, 0.2) is 30.3 Å². The second-order valence-electron chi connectivity index (χ2n) is 7.02. The summed E-state index contributed by atoms with van der Waals surface area (Å²) in [6, 6.07) is 11.4. The Balaban J connectivity index is 2.34. The highest BCUT2D eigenvalue weighted by atomic mass is 15.3. The van der Waals surface area contributed by atoms with Gasteiger partial charge in [0.1, 0.15) is 0 Å².